The molecule has 0 aliphatic heterocycles. The lowest BCUT2D eigenvalue weighted by Crippen LogP contribution is -2.39. The largest absolute Gasteiger partial charge is 0.416 e. The number of hydrogen-bond donors (Lipinski definition) is 2. The topological polar surface area (TPSA) is 48.1 Å². The van der Waals surface area contributed by atoms with Crippen LogP contribution in [0.2, 0.25) is 0 Å². The number of benzene rings is 2. The first kappa shape index (κ1) is 27.0. The number of carbonyl (C=O) groups is 1. The van der Waals surface area contributed by atoms with Gasteiger partial charge in [0.2, 0.25) is 5.91 Å². The Balaban J connectivity index is 1.45. The van der Waals surface area contributed by atoms with Gasteiger partial charge in [-0.2, -0.15) is 26.3 Å². The fourth-order valence-electron chi connectivity index (χ4n) is 4.95. The molecule has 1 saturated carbocycles. The highest BCUT2D eigenvalue weighted by molar-refractivity contribution is 5.91. The quantitative estimate of drug-likeness (QED) is 0.334. The molecule has 4 rings (SSSR count). The predicted octanol–water partition coefficient (Wildman–Crippen LogP) is 6.80. The van der Waals surface area contributed by atoms with Gasteiger partial charge in [-0.3, -0.25) is 4.79 Å². The lowest BCUT2D eigenvalue weighted by Gasteiger charge is -2.31. The van der Waals surface area contributed by atoms with Gasteiger partial charge in [0.05, 0.1) is 17.5 Å². The molecule has 0 bridgehead atoms. The number of carbonyl (C=O) groups excluding carboxylic acids is 1. The van der Waals surface area contributed by atoms with E-state index in [1.165, 1.54) is 44.2 Å². The summed E-state index contributed by atoms with van der Waals surface area (Å²) in [5, 5.41) is 3.61. The summed E-state index contributed by atoms with van der Waals surface area (Å²) in [6, 6.07) is 6.64. The molecular weight excluding hydrogens is 496 g/mol. The number of hydrogen-bond acceptors (Lipinski definition) is 2. The first-order valence-electron chi connectivity index (χ1n) is 12.3. The molecule has 0 saturated heterocycles. The first-order valence-corrected chi connectivity index (χ1v) is 12.3. The molecule has 2 N–H and O–H groups in total. The molecule has 3 aromatic rings. The fraction of sp³-hybridized carbons (Fsp3) is 0.444. The van der Waals surface area contributed by atoms with E-state index >= 15 is 0 Å². The van der Waals surface area contributed by atoms with E-state index in [4.69, 9.17) is 0 Å². The molecule has 2 aromatic carbocycles. The minimum Gasteiger partial charge on any atom is -0.361 e. The Bertz CT molecular complexity index is 1210. The highest BCUT2D eigenvalue weighted by atomic mass is 19.4. The lowest BCUT2D eigenvalue weighted by atomic mass is 9.94. The van der Waals surface area contributed by atoms with Crippen LogP contribution in [0.1, 0.15) is 48.8 Å². The third kappa shape index (κ3) is 6.66. The van der Waals surface area contributed by atoms with Crippen molar-refractivity contribution >= 4 is 16.8 Å². The summed E-state index contributed by atoms with van der Waals surface area (Å²) in [7, 11) is 2.07. The van der Waals surface area contributed by atoms with Gasteiger partial charge in [0, 0.05) is 36.2 Å². The standard InChI is InChI=1S/C27H29F6N3O/c1-36(22-5-3-2-4-6-22)10-9-34-25(37)14-19-16-35-24-13-17(7-8-23(19)24)18-11-20(26(28,29)30)15-21(12-18)27(31,32)33/h7-8,11-13,15-16,22,35H,2-6,9-10,14H2,1H3,(H,34,37). The summed E-state index contributed by atoms with van der Waals surface area (Å²) in [6.07, 6.45) is -1.98. The summed E-state index contributed by atoms with van der Waals surface area (Å²) in [5.74, 6) is -0.158. The monoisotopic (exact) mass is 525 g/mol. The molecule has 37 heavy (non-hydrogen) atoms. The predicted molar refractivity (Wildman–Crippen MR) is 130 cm³/mol. The number of H-pyrrole nitrogens is 1. The number of amides is 1. The summed E-state index contributed by atoms with van der Waals surface area (Å²) in [5.41, 5.74) is -1.51. The molecule has 0 spiro atoms. The van der Waals surface area contributed by atoms with Crippen molar-refractivity contribution in [3.05, 3.63) is 59.3 Å². The molecule has 1 fully saturated rings. The van der Waals surface area contributed by atoms with Crippen LogP contribution in [0.4, 0.5) is 26.3 Å². The maximum absolute atomic E-state index is 13.2. The van der Waals surface area contributed by atoms with Crippen molar-refractivity contribution in [2.24, 2.45) is 0 Å². The minimum absolute atomic E-state index is 0.105. The van der Waals surface area contributed by atoms with E-state index in [-0.39, 0.29) is 29.5 Å². The highest BCUT2D eigenvalue weighted by Gasteiger charge is 2.37. The van der Waals surface area contributed by atoms with Crippen LogP contribution in [0.5, 0.6) is 0 Å². The first-order chi connectivity index (χ1) is 17.4. The van der Waals surface area contributed by atoms with Gasteiger partial charge >= 0.3 is 12.4 Å². The van der Waals surface area contributed by atoms with Crippen LogP contribution in [-0.2, 0) is 23.6 Å². The van der Waals surface area contributed by atoms with Gasteiger partial charge in [0.15, 0.2) is 0 Å². The number of aromatic nitrogens is 1. The number of alkyl halides is 6. The van der Waals surface area contributed by atoms with Gasteiger partial charge in [0.25, 0.3) is 0 Å². The zero-order chi connectivity index (χ0) is 26.8. The van der Waals surface area contributed by atoms with Crippen molar-refractivity contribution < 1.29 is 31.1 Å². The number of halogens is 6. The molecule has 0 atom stereocenters. The molecule has 10 heteroatoms. The van der Waals surface area contributed by atoms with Gasteiger partial charge in [-0.15, -0.1) is 0 Å². The van der Waals surface area contributed by atoms with E-state index in [2.05, 4.69) is 22.2 Å². The van der Waals surface area contributed by atoms with Crippen molar-refractivity contribution in [1.82, 2.24) is 15.2 Å². The Hall–Kier alpha value is -3.01. The Morgan fingerprint density at radius 3 is 2.22 bits per heavy atom. The third-order valence-corrected chi connectivity index (χ3v) is 7.02. The molecule has 1 aliphatic rings. The average Bonchev–Trinajstić information content (AvgIpc) is 3.25. The Morgan fingerprint density at radius 2 is 1.59 bits per heavy atom. The molecule has 1 aromatic heterocycles. The molecular formula is C27H29F6N3O. The maximum atomic E-state index is 13.2. The van der Waals surface area contributed by atoms with Gasteiger partial charge in [-0.1, -0.05) is 31.4 Å². The SMILES string of the molecule is CN(CCNC(=O)Cc1c[nH]c2cc(-c3cc(C(F)(F)F)cc(C(F)(F)F)c3)ccc12)C1CCCCC1. The molecule has 1 aliphatic carbocycles. The Kier molecular flexibility index (Phi) is 7.87. The number of aromatic amines is 1. The number of likely N-dealkylation sites (N-methyl/N-ethyl adjacent to an activating group) is 1. The summed E-state index contributed by atoms with van der Waals surface area (Å²) >= 11 is 0. The summed E-state index contributed by atoms with van der Waals surface area (Å²) < 4.78 is 79.5. The van der Waals surface area contributed by atoms with E-state index < -0.39 is 23.5 Å². The third-order valence-electron chi connectivity index (χ3n) is 7.02. The summed E-state index contributed by atoms with van der Waals surface area (Å²) in [4.78, 5) is 17.8. The van der Waals surface area contributed by atoms with Crippen molar-refractivity contribution in [3.8, 4) is 11.1 Å². The number of rotatable bonds is 7. The molecule has 4 nitrogen and oxygen atoms in total. The minimum atomic E-state index is -4.92. The second kappa shape index (κ2) is 10.8. The van der Waals surface area contributed by atoms with Crippen LogP contribution in [0.25, 0.3) is 22.0 Å². The molecule has 0 radical (unpaired) electrons. The van der Waals surface area contributed by atoms with Gasteiger partial charge in [0.1, 0.15) is 0 Å². The molecule has 0 unspecified atom stereocenters. The zero-order valence-corrected chi connectivity index (χ0v) is 20.4. The molecule has 1 heterocycles. The van der Waals surface area contributed by atoms with E-state index in [1.807, 2.05) is 0 Å². The van der Waals surface area contributed by atoms with Crippen molar-refractivity contribution in [2.45, 2.75) is 56.9 Å². The van der Waals surface area contributed by atoms with Crippen molar-refractivity contribution in [1.29, 1.82) is 0 Å². The molecule has 200 valence electrons. The fourth-order valence-corrected chi connectivity index (χ4v) is 4.95. The van der Waals surface area contributed by atoms with Crippen LogP contribution in [0, 0.1) is 0 Å². The average molecular weight is 526 g/mol. The van der Waals surface area contributed by atoms with E-state index in [1.54, 1.807) is 12.3 Å². The normalized spacial score (nSPS) is 15.5. The van der Waals surface area contributed by atoms with Crippen LogP contribution < -0.4 is 5.32 Å². The van der Waals surface area contributed by atoms with Gasteiger partial charge in [-0.25, -0.2) is 0 Å². The smallest absolute Gasteiger partial charge is 0.361 e. The maximum Gasteiger partial charge on any atom is 0.416 e. The summed E-state index contributed by atoms with van der Waals surface area (Å²) in [6.45, 7) is 1.28. The van der Waals surface area contributed by atoms with Crippen LogP contribution in [0.3, 0.4) is 0 Å². The van der Waals surface area contributed by atoms with E-state index in [0.29, 0.717) is 41.2 Å². The highest BCUT2D eigenvalue weighted by Crippen LogP contribution is 2.39. The number of nitrogens with one attached hydrogen (secondary N) is 2. The zero-order valence-electron chi connectivity index (χ0n) is 20.4. The van der Waals surface area contributed by atoms with Crippen LogP contribution >= 0.6 is 0 Å². The van der Waals surface area contributed by atoms with E-state index in [0.717, 1.165) is 6.54 Å². The van der Waals surface area contributed by atoms with Crippen molar-refractivity contribution in [2.75, 3.05) is 20.1 Å². The molecule has 1 amide bonds. The van der Waals surface area contributed by atoms with Crippen LogP contribution in [-0.4, -0.2) is 42.0 Å². The number of fused-ring (bicyclic) bond motifs is 1. The lowest BCUT2D eigenvalue weighted by molar-refractivity contribution is -0.143. The van der Waals surface area contributed by atoms with Crippen molar-refractivity contribution in [3.63, 3.8) is 0 Å². The van der Waals surface area contributed by atoms with Crippen LogP contribution in [0.15, 0.2) is 42.6 Å². The Morgan fingerprint density at radius 1 is 0.946 bits per heavy atom. The van der Waals surface area contributed by atoms with E-state index in [9.17, 15) is 31.1 Å². The second-order valence-electron chi connectivity index (χ2n) is 9.67. The van der Waals surface area contributed by atoms with Gasteiger partial charge in [-0.05, 0) is 60.8 Å². The second-order valence-corrected chi connectivity index (χ2v) is 9.67. The Labute approximate surface area is 211 Å². The number of nitrogens with zero attached hydrogens (tertiary/aromatic N) is 1. The van der Waals surface area contributed by atoms with Gasteiger partial charge < -0.3 is 15.2 Å².